The number of nitrogens with two attached hydrogens (primary N) is 1. The normalized spacial score (nSPS) is 11.1. The van der Waals surface area contributed by atoms with E-state index in [1.807, 2.05) is 31.2 Å². The molecule has 0 unspecified atom stereocenters. The van der Waals surface area contributed by atoms with Crippen LogP contribution in [-0.4, -0.2) is 32.1 Å². The minimum Gasteiger partial charge on any atom is -0.394 e. The van der Waals surface area contributed by atoms with Gasteiger partial charge in [-0.25, -0.2) is 0 Å². The monoisotopic (exact) mass is 348 g/mol. The molecule has 4 nitrogen and oxygen atoms in total. The third kappa shape index (κ3) is 9.26. The van der Waals surface area contributed by atoms with Crippen LogP contribution in [0.1, 0.15) is 38.2 Å². The van der Waals surface area contributed by atoms with Crippen LogP contribution < -0.4 is 5.73 Å². The van der Waals surface area contributed by atoms with Gasteiger partial charge in [0.15, 0.2) is 0 Å². The molecule has 2 N–H and O–H groups in total. The standard InChI is InChI=1S/C16H25ClN2O2.ClH/c1-2-20-12-5-3-4-6-16(19-21-13-11-18)14-7-9-15(17)10-8-14;/h7-10H,2-6,11-13,18H2,1H3;1H. The zero-order chi connectivity index (χ0) is 15.3. The van der Waals surface area contributed by atoms with Crippen molar-refractivity contribution in [3.63, 3.8) is 0 Å². The van der Waals surface area contributed by atoms with E-state index in [1.54, 1.807) is 0 Å². The molecule has 1 aromatic rings. The summed E-state index contributed by atoms with van der Waals surface area (Å²) in [4.78, 5) is 5.23. The fraction of sp³-hybridized carbons (Fsp3) is 0.562. The smallest absolute Gasteiger partial charge is 0.129 e. The Morgan fingerprint density at radius 2 is 1.86 bits per heavy atom. The molecule has 0 fully saturated rings. The molecule has 22 heavy (non-hydrogen) atoms. The summed E-state index contributed by atoms with van der Waals surface area (Å²) in [5.74, 6) is 0. The lowest BCUT2D eigenvalue weighted by molar-refractivity contribution is 0.143. The molecule has 1 aromatic carbocycles. The van der Waals surface area contributed by atoms with Crippen LogP contribution >= 0.6 is 24.0 Å². The first-order valence-corrected chi connectivity index (χ1v) is 7.88. The van der Waals surface area contributed by atoms with Crippen molar-refractivity contribution in [3.8, 4) is 0 Å². The maximum Gasteiger partial charge on any atom is 0.129 e. The van der Waals surface area contributed by atoms with Crippen LogP contribution in [0.15, 0.2) is 29.4 Å². The molecule has 0 spiro atoms. The summed E-state index contributed by atoms with van der Waals surface area (Å²) in [6.07, 6.45) is 4.12. The zero-order valence-corrected chi connectivity index (χ0v) is 14.7. The van der Waals surface area contributed by atoms with E-state index < -0.39 is 0 Å². The molecule has 0 amide bonds. The number of hydrogen-bond acceptors (Lipinski definition) is 4. The van der Waals surface area contributed by atoms with Crippen molar-refractivity contribution in [1.82, 2.24) is 0 Å². The van der Waals surface area contributed by atoms with Crippen molar-refractivity contribution in [3.05, 3.63) is 34.9 Å². The lowest BCUT2D eigenvalue weighted by Crippen LogP contribution is -2.08. The number of oxime groups is 1. The Hall–Kier alpha value is -0.810. The molecule has 0 radical (unpaired) electrons. The minimum absolute atomic E-state index is 0. The summed E-state index contributed by atoms with van der Waals surface area (Å²) in [5, 5.41) is 4.93. The Labute approximate surface area is 144 Å². The summed E-state index contributed by atoms with van der Waals surface area (Å²) in [6, 6.07) is 7.66. The van der Waals surface area contributed by atoms with E-state index in [0.717, 1.165) is 55.2 Å². The van der Waals surface area contributed by atoms with E-state index in [1.165, 1.54) is 0 Å². The molecule has 0 saturated carbocycles. The topological polar surface area (TPSA) is 56.8 Å². The van der Waals surface area contributed by atoms with Gasteiger partial charge >= 0.3 is 0 Å². The van der Waals surface area contributed by atoms with Crippen molar-refractivity contribution in [2.75, 3.05) is 26.4 Å². The number of nitrogens with zero attached hydrogens (tertiary/aromatic N) is 1. The molecule has 0 heterocycles. The van der Waals surface area contributed by atoms with Gasteiger partial charge in [-0.1, -0.05) is 35.3 Å². The van der Waals surface area contributed by atoms with E-state index in [4.69, 9.17) is 26.9 Å². The van der Waals surface area contributed by atoms with Crippen LogP contribution in [0.2, 0.25) is 5.02 Å². The average molecular weight is 349 g/mol. The first-order valence-electron chi connectivity index (χ1n) is 7.50. The highest BCUT2D eigenvalue weighted by Crippen LogP contribution is 2.14. The first kappa shape index (κ1) is 21.2. The highest BCUT2D eigenvalue weighted by Gasteiger charge is 2.05. The van der Waals surface area contributed by atoms with Crippen molar-refractivity contribution in [2.45, 2.75) is 32.6 Å². The second kappa shape index (κ2) is 13.8. The minimum atomic E-state index is 0. The number of rotatable bonds is 11. The second-order valence-corrected chi connectivity index (χ2v) is 5.11. The quantitative estimate of drug-likeness (QED) is 0.373. The van der Waals surface area contributed by atoms with Crippen molar-refractivity contribution < 1.29 is 9.57 Å². The SMILES string of the molecule is CCOCCCCCC(=NOCCN)c1ccc(Cl)cc1.Cl. The van der Waals surface area contributed by atoms with Crippen molar-refractivity contribution in [2.24, 2.45) is 10.9 Å². The van der Waals surface area contributed by atoms with Crippen molar-refractivity contribution in [1.29, 1.82) is 0 Å². The van der Waals surface area contributed by atoms with E-state index >= 15 is 0 Å². The molecule has 1 rings (SSSR count). The van der Waals surface area contributed by atoms with Crippen LogP contribution in [0, 0.1) is 0 Å². The lowest BCUT2D eigenvalue weighted by Gasteiger charge is -2.07. The fourth-order valence-corrected chi connectivity index (χ4v) is 2.00. The van der Waals surface area contributed by atoms with Gasteiger partial charge in [0.1, 0.15) is 6.61 Å². The highest BCUT2D eigenvalue weighted by atomic mass is 35.5. The van der Waals surface area contributed by atoms with Gasteiger partial charge in [0.25, 0.3) is 0 Å². The van der Waals surface area contributed by atoms with Crippen LogP contribution in [-0.2, 0) is 9.57 Å². The van der Waals surface area contributed by atoms with Gasteiger partial charge in [0.2, 0.25) is 0 Å². The number of ether oxygens (including phenoxy) is 1. The van der Waals surface area contributed by atoms with Crippen LogP contribution in [0.5, 0.6) is 0 Å². The molecule has 0 bridgehead atoms. The Balaban J connectivity index is 0.00000441. The Morgan fingerprint density at radius 1 is 1.14 bits per heavy atom. The fourth-order valence-electron chi connectivity index (χ4n) is 1.88. The zero-order valence-electron chi connectivity index (χ0n) is 13.1. The lowest BCUT2D eigenvalue weighted by atomic mass is 10.0. The van der Waals surface area contributed by atoms with Gasteiger partial charge in [-0.15, -0.1) is 12.4 Å². The Bertz CT molecular complexity index is 411. The predicted octanol–water partition coefficient (Wildman–Crippen LogP) is 4.04. The van der Waals surface area contributed by atoms with Gasteiger partial charge in [0.05, 0.1) is 5.71 Å². The molecule has 0 aliphatic heterocycles. The number of benzene rings is 1. The van der Waals surface area contributed by atoms with Crippen LogP contribution in [0.25, 0.3) is 0 Å². The maximum absolute atomic E-state index is 5.92. The summed E-state index contributed by atoms with van der Waals surface area (Å²) in [6.45, 7) is 4.52. The third-order valence-corrected chi connectivity index (χ3v) is 3.22. The molecule has 0 aliphatic carbocycles. The summed E-state index contributed by atoms with van der Waals surface area (Å²) >= 11 is 5.92. The van der Waals surface area contributed by atoms with Gasteiger partial charge in [0, 0.05) is 24.8 Å². The van der Waals surface area contributed by atoms with Gasteiger partial charge in [-0.3, -0.25) is 0 Å². The molecular formula is C16H26Cl2N2O2. The Kier molecular flexibility index (Phi) is 13.3. The third-order valence-electron chi connectivity index (χ3n) is 2.97. The summed E-state index contributed by atoms with van der Waals surface area (Å²) in [5.41, 5.74) is 7.40. The molecule has 126 valence electrons. The number of hydrogen-bond donors (Lipinski definition) is 1. The van der Waals surface area contributed by atoms with E-state index in [0.29, 0.717) is 13.2 Å². The number of halogens is 2. The molecule has 0 aromatic heterocycles. The predicted molar refractivity (Wildman–Crippen MR) is 95.2 cm³/mol. The first-order chi connectivity index (χ1) is 10.3. The van der Waals surface area contributed by atoms with Crippen molar-refractivity contribution >= 4 is 29.7 Å². The van der Waals surface area contributed by atoms with Gasteiger partial charge < -0.3 is 15.3 Å². The van der Waals surface area contributed by atoms with E-state index in [9.17, 15) is 0 Å². The largest absolute Gasteiger partial charge is 0.394 e. The van der Waals surface area contributed by atoms with E-state index in [2.05, 4.69) is 5.16 Å². The van der Waals surface area contributed by atoms with E-state index in [-0.39, 0.29) is 12.4 Å². The molecule has 0 saturated heterocycles. The van der Waals surface area contributed by atoms with Gasteiger partial charge in [-0.05, 0) is 43.9 Å². The molecular weight excluding hydrogens is 323 g/mol. The maximum atomic E-state index is 5.92. The second-order valence-electron chi connectivity index (χ2n) is 4.67. The summed E-state index contributed by atoms with van der Waals surface area (Å²) < 4.78 is 5.33. The van der Waals surface area contributed by atoms with Crippen LogP contribution in [0.4, 0.5) is 0 Å². The van der Waals surface area contributed by atoms with Gasteiger partial charge in [-0.2, -0.15) is 0 Å². The molecule has 6 heteroatoms. The molecule has 0 aliphatic rings. The average Bonchev–Trinajstić information content (AvgIpc) is 2.50. The number of unbranched alkanes of at least 4 members (excludes halogenated alkanes) is 2. The van der Waals surface area contributed by atoms with Crippen LogP contribution in [0.3, 0.4) is 0 Å². The summed E-state index contributed by atoms with van der Waals surface area (Å²) in [7, 11) is 0. The Morgan fingerprint density at radius 3 is 2.50 bits per heavy atom. The molecule has 0 atom stereocenters. The highest BCUT2D eigenvalue weighted by molar-refractivity contribution is 6.30.